The summed E-state index contributed by atoms with van der Waals surface area (Å²) in [4.78, 5) is 0. The molecule has 0 spiro atoms. The molecule has 14 heavy (non-hydrogen) atoms. The highest BCUT2D eigenvalue weighted by Gasteiger charge is 2.05. The molecule has 0 bridgehead atoms. The molecular weight excluding hydrogens is 179 g/mol. The van der Waals surface area contributed by atoms with Gasteiger partial charge in [0.1, 0.15) is 0 Å². The van der Waals surface area contributed by atoms with Gasteiger partial charge in [0, 0.05) is 0 Å². The summed E-state index contributed by atoms with van der Waals surface area (Å²) in [5.74, 6) is 0.555. The molecule has 0 aliphatic rings. The monoisotopic (exact) mass is 196 g/mol. The molecule has 0 saturated heterocycles. The topological polar surface area (TPSA) is 9.23 Å². The molecule has 2 heteroatoms. The zero-order chi connectivity index (χ0) is 10.6. The molecule has 1 rings (SSSR count). The van der Waals surface area contributed by atoms with Gasteiger partial charge < -0.3 is 4.74 Å². The molecule has 0 aliphatic heterocycles. The number of hydrogen-bond acceptors (Lipinski definition) is 1. The van der Waals surface area contributed by atoms with Gasteiger partial charge in [-0.3, -0.25) is 0 Å². The summed E-state index contributed by atoms with van der Waals surface area (Å²) >= 11 is 0. The van der Waals surface area contributed by atoms with Crippen LogP contribution in [0.3, 0.4) is 0 Å². The van der Waals surface area contributed by atoms with Crippen molar-refractivity contribution in [2.45, 2.75) is 27.2 Å². The lowest BCUT2D eigenvalue weighted by Crippen LogP contribution is -2.08. The minimum absolute atomic E-state index is 0.279. The summed E-state index contributed by atoms with van der Waals surface area (Å²) in [6.45, 7) is 6.70. The average molecular weight is 196 g/mol. The van der Waals surface area contributed by atoms with E-state index in [1.807, 2.05) is 6.92 Å². The van der Waals surface area contributed by atoms with Crippen LogP contribution in [-0.4, -0.2) is 6.61 Å². The molecular formula is C12H17FO. The smallest absolute Gasteiger partial charge is 0.165 e. The van der Waals surface area contributed by atoms with Crippen LogP contribution in [0.15, 0.2) is 18.2 Å². The Hall–Kier alpha value is -1.05. The van der Waals surface area contributed by atoms with E-state index in [0.717, 1.165) is 12.0 Å². The summed E-state index contributed by atoms with van der Waals surface area (Å²) in [6.07, 6.45) is 1.05. The van der Waals surface area contributed by atoms with Crippen LogP contribution in [0.1, 0.15) is 25.8 Å². The molecule has 0 radical (unpaired) electrons. The molecule has 1 atom stereocenters. The van der Waals surface area contributed by atoms with E-state index in [1.54, 1.807) is 12.1 Å². The Bertz CT molecular complexity index is 296. The second kappa shape index (κ2) is 4.99. The van der Waals surface area contributed by atoms with E-state index in [1.165, 1.54) is 6.07 Å². The van der Waals surface area contributed by atoms with Gasteiger partial charge in [-0.05, 0) is 30.5 Å². The number of benzene rings is 1. The van der Waals surface area contributed by atoms with E-state index >= 15 is 0 Å². The minimum atomic E-state index is -0.279. The first-order valence-corrected chi connectivity index (χ1v) is 5.02. The number of halogens is 1. The third-order valence-electron chi connectivity index (χ3n) is 2.31. The van der Waals surface area contributed by atoms with Crippen LogP contribution in [-0.2, 0) is 0 Å². The number of aryl methyl sites for hydroxylation is 1. The lowest BCUT2D eigenvalue weighted by atomic mass is 10.1. The van der Waals surface area contributed by atoms with E-state index < -0.39 is 0 Å². The molecule has 1 aromatic carbocycles. The largest absolute Gasteiger partial charge is 0.490 e. The van der Waals surface area contributed by atoms with Crippen molar-refractivity contribution in [2.75, 3.05) is 6.61 Å². The Labute approximate surface area is 84.9 Å². The predicted molar refractivity (Wildman–Crippen MR) is 56.1 cm³/mol. The maximum absolute atomic E-state index is 13.2. The molecule has 0 amide bonds. The van der Waals surface area contributed by atoms with Crippen molar-refractivity contribution in [1.82, 2.24) is 0 Å². The summed E-state index contributed by atoms with van der Waals surface area (Å²) in [5.41, 5.74) is 1.02. The van der Waals surface area contributed by atoms with E-state index in [-0.39, 0.29) is 5.82 Å². The number of hydrogen-bond donors (Lipinski definition) is 0. The second-order valence-electron chi connectivity index (χ2n) is 3.76. The first-order chi connectivity index (χ1) is 6.63. The lowest BCUT2D eigenvalue weighted by Gasteiger charge is -2.11. The first-order valence-electron chi connectivity index (χ1n) is 5.02. The highest BCUT2D eigenvalue weighted by atomic mass is 19.1. The van der Waals surface area contributed by atoms with E-state index in [4.69, 9.17) is 4.74 Å². The van der Waals surface area contributed by atoms with Crippen LogP contribution in [0.25, 0.3) is 0 Å². The number of rotatable bonds is 4. The maximum atomic E-state index is 13.2. The highest BCUT2D eigenvalue weighted by Crippen LogP contribution is 2.19. The number of ether oxygens (including phenoxy) is 1. The van der Waals surface area contributed by atoms with Gasteiger partial charge in [0.25, 0.3) is 0 Å². The molecule has 1 aromatic rings. The zero-order valence-electron chi connectivity index (χ0n) is 9.01. The Kier molecular flexibility index (Phi) is 3.93. The average Bonchev–Trinajstić information content (AvgIpc) is 2.19. The highest BCUT2D eigenvalue weighted by molar-refractivity contribution is 5.29. The van der Waals surface area contributed by atoms with Crippen LogP contribution >= 0.6 is 0 Å². The fourth-order valence-corrected chi connectivity index (χ4v) is 1.07. The van der Waals surface area contributed by atoms with Gasteiger partial charge in [-0.25, -0.2) is 4.39 Å². The van der Waals surface area contributed by atoms with Crippen molar-refractivity contribution < 1.29 is 9.13 Å². The molecule has 1 unspecified atom stereocenters. The molecule has 1 nitrogen and oxygen atoms in total. The van der Waals surface area contributed by atoms with Crippen molar-refractivity contribution in [1.29, 1.82) is 0 Å². The normalized spacial score (nSPS) is 12.6. The molecule has 0 N–H and O–H groups in total. The Morgan fingerprint density at radius 2 is 2.14 bits per heavy atom. The van der Waals surface area contributed by atoms with Gasteiger partial charge >= 0.3 is 0 Å². The molecule has 0 aromatic heterocycles. The minimum Gasteiger partial charge on any atom is -0.490 e. The lowest BCUT2D eigenvalue weighted by molar-refractivity contribution is 0.246. The zero-order valence-corrected chi connectivity index (χ0v) is 9.01. The standard InChI is InChI=1S/C12H17FO/c1-4-9(2)8-14-12-7-10(3)5-6-11(12)13/h5-7,9H,4,8H2,1-3H3. The van der Waals surface area contributed by atoms with Crippen LogP contribution in [0.2, 0.25) is 0 Å². The Balaban J connectivity index is 2.62. The quantitative estimate of drug-likeness (QED) is 0.715. The van der Waals surface area contributed by atoms with Crippen LogP contribution in [0.5, 0.6) is 5.75 Å². The van der Waals surface area contributed by atoms with E-state index in [2.05, 4.69) is 13.8 Å². The fraction of sp³-hybridized carbons (Fsp3) is 0.500. The van der Waals surface area contributed by atoms with Gasteiger partial charge in [-0.2, -0.15) is 0 Å². The molecule has 78 valence electrons. The van der Waals surface area contributed by atoms with Crippen molar-refractivity contribution in [3.05, 3.63) is 29.6 Å². The summed E-state index contributed by atoms with van der Waals surface area (Å²) in [7, 11) is 0. The Morgan fingerprint density at radius 3 is 2.79 bits per heavy atom. The second-order valence-corrected chi connectivity index (χ2v) is 3.76. The van der Waals surface area contributed by atoms with Gasteiger partial charge in [-0.1, -0.05) is 26.3 Å². The molecule has 0 heterocycles. The third kappa shape index (κ3) is 3.02. The van der Waals surface area contributed by atoms with Gasteiger partial charge in [0.2, 0.25) is 0 Å². The van der Waals surface area contributed by atoms with Gasteiger partial charge in [0.15, 0.2) is 11.6 Å². The van der Waals surface area contributed by atoms with Crippen LogP contribution < -0.4 is 4.74 Å². The van der Waals surface area contributed by atoms with Crippen LogP contribution in [0.4, 0.5) is 4.39 Å². The first kappa shape index (κ1) is 11.0. The molecule has 0 saturated carbocycles. The summed E-state index contributed by atoms with van der Waals surface area (Å²) in [5, 5.41) is 0. The Morgan fingerprint density at radius 1 is 1.43 bits per heavy atom. The summed E-state index contributed by atoms with van der Waals surface area (Å²) < 4.78 is 18.6. The fourth-order valence-electron chi connectivity index (χ4n) is 1.07. The predicted octanol–water partition coefficient (Wildman–Crippen LogP) is 3.56. The molecule has 0 aliphatic carbocycles. The van der Waals surface area contributed by atoms with Crippen LogP contribution in [0, 0.1) is 18.7 Å². The maximum Gasteiger partial charge on any atom is 0.165 e. The van der Waals surface area contributed by atoms with Gasteiger partial charge in [0.05, 0.1) is 6.61 Å². The van der Waals surface area contributed by atoms with E-state index in [9.17, 15) is 4.39 Å². The van der Waals surface area contributed by atoms with Gasteiger partial charge in [-0.15, -0.1) is 0 Å². The van der Waals surface area contributed by atoms with Crippen molar-refractivity contribution in [3.8, 4) is 5.75 Å². The molecule has 0 fully saturated rings. The van der Waals surface area contributed by atoms with Crippen molar-refractivity contribution in [2.24, 2.45) is 5.92 Å². The SMILES string of the molecule is CCC(C)COc1cc(C)ccc1F. The van der Waals surface area contributed by atoms with E-state index in [0.29, 0.717) is 18.3 Å². The van der Waals surface area contributed by atoms with Crippen molar-refractivity contribution >= 4 is 0 Å². The summed E-state index contributed by atoms with van der Waals surface area (Å²) in [6, 6.07) is 4.92. The van der Waals surface area contributed by atoms with Crippen molar-refractivity contribution in [3.63, 3.8) is 0 Å². The third-order valence-corrected chi connectivity index (χ3v) is 2.31.